The third-order valence-corrected chi connectivity index (χ3v) is 8.48. The van der Waals surface area contributed by atoms with Gasteiger partial charge in [-0.15, -0.1) is 11.3 Å². The van der Waals surface area contributed by atoms with Crippen LogP contribution >= 0.6 is 27.3 Å². The molecule has 0 atom stereocenters. The number of phenolic OH excluding ortho intramolecular Hbond substituents is 1. The summed E-state index contributed by atoms with van der Waals surface area (Å²) in [5, 5.41) is 14.4. The van der Waals surface area contributed by atoms with Crippen LogP contribution in [0.1, 0.15) is 18.7 Å². The zero-order valence-corrected chi connectivity index (χ0v) is 20.1. The van der Waals surface area contributed by atoms with Crippen LogP contribution in [0.2, 0.25) is 0 Å². The first kappa shape index (κ1) is 21.7. The molecule has 6 nitrogen and oxygen atoms in total. The van der Waals surface area contributed by atoms with E-state index < -0.39 is 9.84 Å². The van der Waals surface area contributed by atoms with Crippen LogP contribution in [0.5, 0.6) is 5.75 Å². The molecule has 2 aromatic carbocycles. The second-order valence-corrected chi connectivity index (χ2v) is 11.1. The number of fused-ring (bicyclic) bond motifs is 1. The number of aryl methyl sites for hydroxylation is 1. The van der Waals surface area contributed by atoms with Crippen molar-refractivity contribution in [1.82, 2.24) is 9.97 Å². The first-order valence-electron chi connectivity index (χ1n) is 9.69. The topological polar surface area (TPSA) is 92.2 Å². The van der Waals surface area contributed by atoms with E-state index in [1.807, 2.05) is 24.3 Å². The summed E-state index contributed by atoms with van der Waals surface area (Å²) in [7, 11) is -3.41. The van der Waals surface area contributed by atoms with Gasteiger partial charge in [-0.2, -0.15) is 0 Å². The SMILES string of the molecule is CCc1sc2ncnc(Nc3cc(S(=O)(=O)CC)ccc3O)c2c1-c1ccc(Br)cc1. The van der Waals surface area contributed by atoms with Gasteiger partial charge in [0.2, 0.25) is 0 Å². The number of anilines is 2. The highest BCUT2D eigenvalue weighted by Crippen LogP contribution is 2.42. The molecule has 0 aliphatic heterocycles. The van der Waals surface area contributed by atoms with Crippen LogP contribution in [-0.2, 0) is 16.3 Å². The molecular formula is C22H20BrN3O3S2. The van der Waals surface area contributed by atoms with Gasteiger partial charge in [-0.1, -0.05) is 41.9 Å². The minimum absolute atomic E-state index is 0.0208. The van der Waals surface area contributed by atoms with E-state index in [0.717, 1.165) is 32.2 Å². The van der Waals surface area contributed by atoms with E-state index in [2.05, 4.69) is 38.1 Å². The van der Waals surface area contributed by atoms with E-state index in [1.165, 1.54) is 29.4 Å². The van der Waals surface area contributed by atoms with Crippen molar-refractivity contribution in [2.75, 3.05) is 11.1 Å². The number of hydrogen-bond acceptors (Lipinski definition) is 7. The van der Waals surface area contributed by atoms with Gasteiger partial charge in [-0.3, -0.25) is 0 Å². The molecule has 0 spiro atoms. The summed E-state index contributed by atoms with van der Waals surface area (Å²) < 4.78 is 25.6. The van der Waals surface area contributed by atoms with E-state index in [1.54, 1.807) is 18.3 Å². The van der Waals surface area contributed by atoms with E-state index >= 15 is 0 Å². The van der Waals surface area contributed by atoms with Crippen molar-refractivity contribution in [2.45, 2.75) is 25.2 Å². The van der Waals surface area contributed by atoms with Gasteiger partial charge < -0.3 is 10.4 Å². The average Bonchev–Trinajstić information content (AvgIpc) is 3.15. The smallest absolute Gasteiger partial charge is 0.178 e. The fourth-order valence-corrected chi connectivity index (χ4v) is 5.62. The van der Waals surface area contributed by atoms with Crippen LogP contribution in [0.15, 0.2) is 58.2 Å². The Labute approximate surface area is 193 Å². The van der Waals surface area contributed by atoms with Crippen molar-refractivity contribution in [1.29, 1.82) is 0 Å². The number of nitrogens with one attached hydrogen (secondary N) is 1. The quantitative estimate of drug-likeness (QED) is 0.308. The first-order chi connectivity index (χ1) is 14.8. The number of sulfone groups is 1. The average molecular weight is 518 g/mol. The van der Waals surface area contributed by atoms with Gasteiger partial charge in [0.15, 0.2) is 9.84 Å². The number of phenols is 1. The van der Waals surface area contributed by atoms with Crippen LogP contribution in [0, 0.1) is 0 Å². The van der Waals surface area contributed by atoms with Gasteiger partial charge in [0, 0.05) is 14.9 Å². The van der Waals surface area contributed by atoms with E-state index in [9.17, 15) is 13.5 Å². The van der Waals surface area contributed by atoms with Crippen molar-refractivity contribution in [2.24, 2.45) is 0 Å². The van der Waals surface area contributed by atoms with Crippen LogP contribution in [0.4, 0.5) is 11.5 Å². The molecule has 4 aromatic rings. The predicted octanol–water partition coefficient (Wildman–Crippen LogP) is 5.93. The normalized spacial score (nSPS) is 11.7. The fraction of sp³-hybridized carbons (Fsp3) is 0.182. The lowest BCUT2D eigenvalue weighted by atomic mass is 10.0. The number of nitrogens with zero attached hydrogens (tertiary/aromatic N) is 2. The maximum absolute atomic E-state index is 12.3. The summed E-state index contributed by atoms with van der Waals surface area (Å²) in [6, 6.07) is 12.3. The number of hydrogen-bond donors (Lipinski definition) is 2. The molecule has 0 aliphatic rings. The second-order valence-electron chi connectivity index (χ2n) is 6.87. The zero-order chi connectivity index (χ0) is 22.2. The number of thiophene rings is 1. The maximum Gasteiger partial charge on any atom is 0.178 e. The second kappa shape index (κ2) is 8.57. The standard InChI is InChI=1S/C22H20BrN3O3S2/c1-3-18-19(13-5-7-14(23)8-6-13)20-21(24-12-25-22(20)30-18)26-16-11-15(9-10-17(16)27)31(28,29)4-2/h5-12,27H,3-4H2,1-2H3,(H,24,25,26). The van der Waals surface area contributed by atoms with Crippen molar-refractivity contribution in [3.05, 3.63) is 58.1 Å². The van der Waals surface area contributed by atoms with Crippen LogP contribution in [0.3, 0.4) is 0 Å². The van der Waals surface area contributed by atoms with Crippen molar-refractivity contribution in [3.8, 4) is 16.9 Å². The summed E-state index contributed by atoms with van der Waals surface area (Å²) >= 11 is 5.08. The Kier molecular flexibility index (Phi) is 6.00. The molecule has 2 aromatic heterocycles. The van der Waals surface area contributed by atoms with Gasteiger partial charge >= 0.3 is 0 Å². The maximum atomic E-state index is 12.3. The third kappa shape index (κ3) is 4.17. The van der Waals surface area contributed by atoms with Gasteiger partial charge in [0.05, 0.1) is 21.7 Å². The molecule has 2 N–H and O–H groups in total. The lowest BCUT2D eigenvalue weighted by Gasteiger charge is -2.12. The largest absolute Gasteiger partial charge is 0.506 e. The highest BCUT2D eigenvalue weighted by molar-refractivity contribution is 9.10. The molecule has 4 rings (SSSR count). The Hall–Kier alpha value is -2.49. The lowest BCUT2D eigenvalue weighted by molar-refractivity contribution is 0.477. The summed E-state index contributed by atoms with van der Waals surface area (Å²) in [5.74, 6) is 0.436. The molecule has 0 aliphatic carbocycles. The minimum Gasteiger partial charge on any atom is -0.506 e. The Bertz CT molecular complexity index is 1370. The van der Waals surface area contributed by atoms with E-state index in [-0.39, 0.29) is 22.1 Å². The van der Waals surface area contributed by atoms with Gasteiger partial charge in [0.1, 0.15) is 22.7 Å². The molecule has 9 heteroatoms. The van der Waals surface area contributed by atoms with Crippen LogP contribution in [0.25, 0.3) is 21.3 Å². The molecule has 0 radical (unpaired) electrons. The molecule has 31 heavy (non-hydrogen) atoms. The van der Waals surface area contributed by atoms with Crippen molar-refractivity contribution in [3.63, 3.8) is 0 Å². The first-order valence-corrected chi connectivity index (χ1v) is 12.9. The lowest BCUT2D eigenvalue weighted by Crippen LogP contribution is -2.04. The Morgan fingerprint density at radius 3 is 2.52 bits per heavy atom. The predicted molar refractivity (Wildman–Crippen MR) is 129 cm³/mol. The molecule has 0 amide bonds. The number of rotatable bonds is 6. The summed E-state index contributed by atoms with van der Waals surface area (Å²) in [6.07, 6.45) is 2.30. The fourth-order valence-electron chi connectivity index (χ4n) is 3.35. The zero-order valence-electron chi connectivity index (χ0n) is 16.9. The summed E-state index contributed by atoms with van der Waals surface area (Å²) in [4.78, 5) is 11.0. The molecule has 0 bridgehead atoms. The Balaban J connectivity index is 1.89. The van der Waals surface area contributed by atoms with Gasteiger partial charge in [-0.05, 0) is 42.3 Å². The number of halogens is 1. The van der Waals surface area contributed by atoms with Crippen molar-refractivity contribution >= 4 is 58.8 Å². The Morgan fingerprint density at radius 1 is 1.10 bits per heavy atom. The van der Waals surface area contributed by atoms with Crippen LogP contribution < -0.4 is 5.32 Å². The number of aromatic nitrogens is 2. The highest BCUT2D eigenvalue weighted by atomic mass is 79.9. The highest BCUT2D eigenvalue weighted by Gasteiger charge is 2.20. The summed E-state index contributed by atoms with van der Waals surface area (Å²) in [5.41, 5.74) is 2.35. The van der Waals surface area contributed by atoms with Gasteiger partial charge in [0.25, 0.3) is 0 Å². The number of aromatic hydroxyl groups is 1. The summed E-state index contributed by atoms with van der Waals surface area (Å²) in [6.45, 7) is 3.68. The molecule has 2 heterocycles. The van der Waals surface area contributed by atoms with Gasteiger partial charge in [-0.25, -0.2) is 18.4 Å². The molecule has 0 saturated heterocycles. The van der Waals surface area contributed by atoms with E-state index in [0.29, 0.717) is 5.82 Å². The molecule has 0 fully saturated rings. The molecular weight excluding hydrogens is 498 g/mol. The number of benzene rings is 2. The van der Waals surface area contributed by atoms with Crippen LogP contribution in [-0.4, -0.2) is 29.2 Å². The minimum atomic E-state index is -3.41. The molecule has 160 valence electrons. The Morgan fingerprint density at radius 2 is 1.84 bits per heavy atom. The third-order valence-electron chi connectivity index (χ3n) is 4.98. The molecule has 0 saturated carbocycles. The molecule has 0 unspecified atom stereocenters. The monoisotopic (exact) mass is 517 g/mol. The van der Waals surface area contributed by atoms with Crippen molar-refractivity contribution < 1.29 is 13.5 Å². The van der Waals surface area contributed by atoms with E-state index in [4.69, 9.17) is 0 Å².